The first-order valence-corrected chi connectivity index (χ1v) is 16.7. The van der Waals surface area contributed by atoms with Crippen LogP contribution in [0.5, 0.6) is 0 Å². The molecule has 0 unspecified atom stereocenters. The summed E-state index contributed by atoms with van der Waals surface area (Å²) >= 11 is 1.86. The lowest BCUT2D eigenvalue weighted by molar-refractivity contribution is 0.660. The van der Waals surface area contributed by atoms with Gasteiger partial charge >= 0.3 is 0 Å². The van der Waals surface area contributed by atoms with Crippen LogP contribution in [0.25, 0.3) is 64.0 Å². The van der Waals surface area contributed by atoms with E-state index < -0.39 is 0 Å². The maximum Gasteiger partial charge on any atom is 0.143 e. The molecule has 3 heteroatoms. The second kappa shape index (κ2) is 9.32. The molecule has 0 atom stereocenters. The first-order chi connectivity index (χ1) is 22.6. The smallest absolute Gasteiger partial charge is 0.143 e. The monoisotopic (exact) mass is 607 g/mol. The quantitative estimate of drug-likeness (QED) is 0.199. The summed E-state index contributed by atoms with van der Waals surface area (Å²) in [4.78, 5) is 2.44. The topological polar surface area (TPSA) is 16.4 Å². The van der Waals surface area contributed by atoms with Crippen molar-refractivity contribution in [2.45, 2.75) is 19.3 Å². The summed E-state index contributed by atoms with van der Waals surface area (Å²) in [6.45, 7) is 4.69. The number of anilines is 3. The minimum atomic E-state index is -0.0905. The molecule has 0 bridgehead atoms. The Bertz CT molecular complexity index is 2690. The van der Waals surface area contributed by atoms with Crippen molar-refractivity contribution in [2.75, 3.05) is 4.90 Å². The summed E-state index contributed by atoms with van der Waals surface area (Å²) in [6, 6.07) is 50.9. The molecule has 0 radical (unpaired) electrons. The van der Waals surface area contributed by atoms with Gasteiger partial charge in [-0.05, 0) is 64.5 Å². The lowest BCUT2D eigenvalue weighted by Crippen LogP contribution is -2.16. The van der Waals surface area contributed by atoms with Crippen LogP contribution in [-0.2, 0) is 5.41 Å². The molecule has 7 aromatic carbocycles. The van der Waals surface area contributed by atoms with Crippen LogP contribution in [0.1, 0.15) is 25.0 Å². The largest absolute Gasteiger partial charge is 0.455 e. The molecule has 0 N–H and O–H groups in total. The zero-order valence-electron chi connectivity index (χ0n) is 25.5. The van der Waals surface area contributed by atoms with Crippen molar-refractivity contribution in [3.8, 4) is 11.1 Å². The molecular formula is C43H29NOS. The van der Waals surface area contributed by atoms with Gasteiger partial charge < -0.3 is 9.32 Å². The van der Waals surface area contributed by atoms with Gasteiger partial charge in [0.2, 0.25) is 0 Å². The van der Waals surface area contributed by atoms with Crippen LogP contribution < -0.4 is 4.90 Å². The summed E-state index contributed by atoms with van der Waals surface area (Å²) in [5.74, 6) is 0. The van der Waals surface area contributed by atoms with Gasteiger partial charge in [-0.2, -0.15) is 0 Å². The number of furan rings is 1. The standard InChI is InChI=1S/C43H29NOS/c1-43(2)35-14-7-5-13-34(35)41-36(43)15-9-16-37(41)44(28-20-23-32-31-12-6-8-17-39(31)46-40(32)25-28)27-19-22-30-33-21-18-26-10-3-4-11-29(26)42(33)45-38(30)24-27/h3-25H,1-2H3. The number of nitrogens with zero attached hydrogens (tertiary/aromatic N) is 1. The molecule has 0 fully saturated rings. The fourth-order valence-electron chi connectivity index (χ4n) is 7.83. The van der Waals surface area contributed by atoms with Crippen molar-refractivity contribution >= 4 is 81.3 Å². The Balaban J connectivity index is 1.25. The third-order valence-corrected chi connectivity index (χ3v) is 11.2. The van der Waals surface area contributed by atoms with Gasteiger partial charge in [0.1, 0.15) is 11.2 Å². The molecule has 46 heavy (non-hydrogen) atoms. The molecule has 10 rings (SSSR count). The molecule has 2 aromatic heterocycles. The predicted molar refractivity (Wildman–Crippen MR) is 196 cm³/mol. The molecular weight excluding hydrogens is 579 g/mol. The average molecular weight is 608 g/mol. The zero-order valence-corrected chi connectivity index (χ0v) is 26.4. The predicted octanol–water partition coefficient (Wildman–Crippen LogP) is 12.9. The van der Waals surface area contributed by atoms with Gasteiger partial charge in [-0.1, -0.05) is 105 Å². The van der Waals surface area contributed by atoms with Crippen LogP contribution in [0.4, 0.5) is 17.1 Å². The highest BCUT2D eigenvalue weighted by molar-refractivity contribution is 7.25. The third-order valence-electron chi connectivity index (χ3n) is 10.1. The minimum Gasteiger partial charge on any atom is -0.455 e. The van der Waals surface area contributed by atoms with Gasteiger partial charge in [0.05, 0.1) is 5.69 Å². The Morgan fingerprint density at radius 3 is 2.15 bits per heavy atom. The molecule has 1 aliphatic carbocycles. The van der Waals surface area contributed by atoms with Gasteiger partial charge in [0.15, 0.2) is 0 Å². The summed E-state index contributed by atoms with van der Waals surface area (Å²) in [7, 11) is 0. The van der Waals surface area contributed by atoms with E-state index in [2.05, 4.69) is 158 Å². The second-order valence-electron chi connectivity index (χ2n) is 12.9. The number of thiophene rings is 1. The Hall–Kier alpha value is -5.38. The molecule has 0 aliphatic heterocycles. The fourth-order valence-corrected chi connectivity index (χ4v) is 8.97. The highest BCUT2D eigenvalue weighted by Gasteiger charge is 2.37. The highest BCUT2D eigenvalue weighted by Crippen LogP contribution is 2.54. The number of rotatable bonds is 3. The molecule has 0 saturated carbocycles. The SMILES string of the molecule is CC1(C)c2ccccc2-c2c(N(c3ccc4c(c3)oc3c5ccccc5ccc43)c3ccc4c(c3)sc3ccccc34)cccc21. The fraction of sp³-hybridized carbons (Fsp3) is 0.0698. The van der Waals surface area contributed by atoms with Crippen LogP contribution in [0.2, 0.25) is 0 Å². The van der Waals surface area contributed by atoms with Crippen LogP contribution in [0, 0.1) is 0 Å². The van der Waals surface area contributed by atoms with E-state index in [0.29, 0.717) is 0 Å². The Labute approximate surface area is 270 Å². The molecule has 0 amide bonds. The number of benzene rings is 7. The van der Waals surface area contributed by atoms with E-state index in [0.717, 1.165) is 38.7 Å². The van der Waals surface area contributed by atoms with Gasteiger partial charge in [-0.15, -0.1) is 11.3 Å². The second-order valence-corrected chi connectivity index (χ2v) is 14.0. The maximum absolute atomic E-state index is 6.70. The van der Waals surface area contributed by atoms with Gasteiger partial charge in [0.25, 0.3) is 0 Å². The Morgan fingerprint density at radius 1 is 0.543 bits per heavy atom. The molecule has 2 nitrogen and oxygen atoms in total. The van der Waals surface area contributed by atoms with Crippen LogP contribution in [-0.4, -0.2) is 0 Å². The van der Waals surface area contributed by atoms with E-state index in [1.54, 1.807) is 0 Å². The number of hydrogen-bond donors (Lipinski definition) is 0. The average Bonchev–Trinajstić information content (AvgIpc) is 3.73. The molecule has 0 spiro atoms. The molecule has 0 saturated heterocycles. The van der Waals surface area contributed by atoms with Gasteiger partial charge in [0, 0.05) is 64.8 Å². The van der Waals surface area contributed by atoms with Gasteiger partial charge in [-0.3, -0.25) is 0 Å². The van der Waals surface area contributed by atoms with Gasteiger partial charge in [-0.25, -0.2) is 0 Å². The summed E-state index contributed by atoms with van der Waals surface area (Å²) in [6.07, 6.45) is 0. The first-order valence-electron chi connectivity index (χ1n) is 15.9. The summed E-state index contributed by atoms with van der Waals surface area (Å²) in [5.41, 5.74) is 10.5. The number of fused-ring (bicyclic) bond motifs is 11. The minimum absolute atomic E-state index is 0.0905. The first kappa shape index (κ1) is 25.9. The van der Waals surface area contributed by atoms with Crippen LogP contribution in [0.3, 0.4) is 0 Å². The van der Waals surface area contributed by atoms with Crippen molar-refractivity contribution in [2.24, 2.45) is 0 Å². The van der Waals surface area contributed by atoms with E-state index >= 15 is 0 Å². The van der Waals surface area contributed by atoms with Crippen molar-refractivity contribution < 1.29 is 4.42 Å². The summed E-state index contributed by atoms with van der Waals surface area (Å²) < 4.78 is 9.29. The van der Waals surface area contributed by atoms with Crippen LogP contribution >= 0.6 is 11.3 Å². The molecule has 9 aromatic rings. The summed E-state index contributed by atoms with van der Waals surface area (Å²) in [5, 5.41) is 7.23. The van der Waals surface area contributed by atoms with E-state index in [1.807, 2.05) is 11.3 Å². The van der Waals surface area contributed by atoms with Crippen molar-refractivity contribution in [3.63, 3.8) is 0 Å². The number of hydrogen-bond acceptors (Lipinski definition) is 3. The molecule has 218 valence electrons. The van der Waals surface area contributed by atoms with E-state index in [-0.39, 0.29) is 5.41 Å². The van der Waals surface area contributed by atoms with Crippen molar-refractivity contribution in [1.29, 1.82) is 0 Å². The molecule has 2 heterocycles. The Morgan fingerprint density at radius 2 is 1.24 bits per heavy atom. The third kappa shape index (κ3) is 3.52. The van der Waals surface area contributed by atoms with E-state index in [4.69, 9.17) is 4.42 Å². The highest BCUT2D eigenvalue weighted by atomic mass is 32.1. The lowest BCUT2D eigenvalue weighted by atomic mass is 9.82. The van der Waals surface area contributed by atoms with E-state index in [1.165, 1.54) is 53.5 Å². The molecule has 1 aliphatic rings. The van der Waals surface area contributed by atoms with Crippen molar-refractivity contribution in [3.05, 3.63) is 151 Å². The lowest BCUT2D eigenvalue weighted by Gasteiger charge is -2.29. The van der Waals surface area contributed by atoms with Crippen LogP contribution in [0.15, 0.2) is 144 Å². The van der Waals surface area contributed by atoms with Crippen molar-refractivity contribution in [1.82, 2.24) is 0 Å². The maximum atomic E-state index is 6.70. The Kier molecular flexibility index (Phi) is 5.25. The zero-order chi connectivity index (χ0) is 30.6. The normalized spacial score (nSPS) is 13.6. The van der Waals surface area contributed by atoms with E-state index in [9.17, 15) is 0 Å².